The molecule has 2 saturated heterocycles. The molecule has 4 rings (SSSR count). The van der Waals surface area contributed by atoms with Gasteiger partial charge in [-0.1, -0.05) is 19.1 Å². The molecule has 0 radical (unpaired) electrons. The molecule has 0 aliphatic carbocycles. The number of para-hydroxylation sites is 1. The Labute approximate surface area is 159 Å². The van der Waals surface area contributed by atoms with Gasteiger partial charge in [0.05, 0.1) is 29.7 Å². The lowest BCUT2D eigenvalue weighted by atomic mass is 9.90. The number of rotatable bonds is 5. The molecule has 0 saturated carbocycles. The second-order valence-electron chi connectivity index (χ2n) is 8.04. The summed E-state index contributed by atoms with van der Waals surface area (Å²) in [6, 6.07) is 7.45. The molecule has 1 N–H and O–H groups in total. The number of benzene rings is 1. The minimum atomic E-state index is -0.847. The summed E-state index contributed by atoms with van der Waals surface area (Å²) in [5.74, 6) is 1.37. The first-order chi connectivity index (χ1) is 13.1. The highest BCUT2D eigenvalue weighted by atomic mass is 16.5. The van der Waals surface area contributed by atoms with Crippen molar-refractivity contribution in [1.29, 1.82) is 0 Å². The van der Waals surface area contributed by atoms with E-state index in [0.29, 0.717) is 37.1 Å². The molecular formula is C21H29N3O3. The largest absolute Gasteiger partial charge is 0.388 e. The Hall–Kier alpha value is -1.76. The lowest BCUT2D eigenvalue weighted by Crippen LogP contribution is -2.49. The fourth-order valence-electron chi connectivity index (χ4n) is 4.34. The molecule has 0 spiro atoms. The highest BCUT2D eigenvalue weighted by molar-refractivity contribution is 5.77. The van der Waals surface area contributed by atoms with Crippen molar-refractivity contribution in [1.82, 2.24) is 14.5 Å². The molecule has 2 aromatic rings. The minimum Gasteiger partial charge on any atom is -0.388 e. The molecule has 1 aromatic carbocycles. The Bertz CT molecular complexity index is 849. The van der Waals surface area contributed by atoms with E-state index in [9.17, 15) is 9.90 Å². The summed E-state index contributed by atoms with van der Waals surface area (Å²) in [4.78, 5) is 20.1. The minimum absolute atomic E-state index is 0.0450. The van der Waals surface area contributed by atoms with Crippen LogP contribution in [0.3, 0.4) is 0 Å². The highest BCUT2D eigenvalue weighted by Gasteiger charge is 2.34. The van der Waals surface area contributed by atoms with Gasteiger partial charge in [0.15, 0.2) is 0 Å². The lowest BCUT2D eigenvalue weighted by molar-refractivity contribution is -0.0379. The Morgan fingerprint density at radius 3 is 2.78 bits per heavy atom. The monoisotopic (exact) mass is 371 g/mol. The van der Waals surface area contributed by atoms with E-state index in [2.05, 4.69) is 9.88 Å². The summed E-state index contributed by atoms with van der Waals surface area (Å²) in [5, 5.41) is 11.8. The smallest absolute Gasteiger partial charge is 0.261 e. The van der Waals surface area contributed by atoms with Gasteiger partial charge in [0, 0.05) is 32.7 Å². The van der Waals surface area contributed by atoms with Gasteiger partial charge in [-0.15, -0.1) is 0 Å². The fourth-order valence-corrected chi connectivity index (χ4v) is 4.34. The molecule has 1 atom stereocenters. The van der Waals surface area contributed by atoms with Crippen LogP contribution in [0.5, 0.6) is 0 Å². The third-order valence-electron chi connectivity index (χ3n) is 6.04. The number of likely N-dealkylation sites (tertiary alicyclic amines) is 1. The zero-order valence-corrected chi connectivity index (χ0v) is 16.1. The first-order valence-corrected chi connectivity index (χ1v) is 10.1. The third-order valence-corrected chi connectivity index (χ3v) is 6.04. The van der Waals surface area contributed by atoms with Crippen LogP contribution in [0.15, 0.2) is 29.1 Å². The second-order valence-corrected chi connectivity index (χ2v) is 8.04. The number of fused-ring (bicyclic) bond motifs is 1. The fraction of sp³-hybridized carbons (Fsp3) is 0.619. The first-order valence-electron chi connectivity index (χ1n) is 10.1. The summed E-state index contributed by atoms with van der Waals surface area (Å²) in [6.07, 6.45) is 3.18. The molecule has 1 aromatic heterocycles. The molecule has 6 nitrogen and oxygen atoms in total. The summed E-state index contributed by atoms with van der Waals surface area (Å²) in [5.41, 5.74) is -0.159. The maximum Gasteiger partial charge on any atom is 0.261 e. The molecule has 2 aliphatic rings. The maximum absolute atomic E-state index is 13.0. The predicted octanol–water partition coefficient (Wildman–Crippen LogP) is 1.82. The van der Waals surface area contributed by atoms with Crippen LogP contribution in [0, 0.1) is 5.92 Å². The summed E-state index contributed by atoms with van der Waals surface area (Å²) >= 11 is 0. The number of nitrogens with zero attached hydrogens (tertiary/aromatic N) is 3. The van der Waals surface area contributed by atoms with Gasteiger partial charge in [-0.25, -0.2) is 4.98 Å². The van der Waals surface area contributed by atoms with Crippen molar-refractivity contribution < 1.29 is 9.84 Å². The molecule has 27 heavy (non-hydrogen) atoms. The van der Waals surface area contributed by atoms with Gasteiger partial charge in [-0.3, -0.25) is 9.36 Å². The van der Waals surface area contributed by atoms with Crippen LogP contribution in [0.2, 0.25) is 0 Å². The van der Waals surface area contributed by atoms with Crippen molar-refractivity contribution in [2.24, 2.45) is 5.92 Å². The van der Waals surface area contributed by atoms with Crippen molar-refractivity contribution in [3.05, 3.63) is 40.4 Å². The van der Waals surface area contributed by atoms with E-state index < -0.39 is 5.60 Å². The van der Waals surface area contributed by atoms with Gasteiger partial charge in [0.1, 0.15) is 5.82 Å². The van der Waals surface area contributed by atoms with Gasteiger partial charge in [0.2, 0.25) is 0 Å². The van der Waals surface area contributed by atoms with Crippen molar-refractivity contribution in [3.8, 4) is 0 Å². The quantitative estimate of drug-likeness (QED) is 0.868. The van der Waals surface area contributed by atoms with Crippen LogP contribution in [-0.2, 0) is 17.7 Å². The number of aromatic nitrogens is 2. The van der Waals surface area contributed by atoms with E-state index in [4.69, 9.17) is 4.74 Å². The third kappa shape index (κ3) is 3.93. The van der Waals surface area contributed by atoms with Crippen LogP contribution >= 0.6 is 0 Å². The zero-order valence-electron chi connectivity index (χ0n) is 16.1. The first kappa shape index (κ1) is 18.6. The number of aryl methyl sites for hydroxylation is 1. The average molecular weight is 371 g/mol. The van der Waals surface area contributed by atoms with Crippen molar-refractivity contribution >= 4 is 10.9 Å². The van der Waals surface area contributed by atoms with Crippen molar-refractivity contribution in [2.45, 2.75) is 44.8 Å². The number of hydrogen-bond acceptors (Lipinski definition) is 5. The highest BCUT2D eigenvalue weighted by Crippen LogP contribution is 2.26. The number of piperidine rings is 1. The summed E-state index contributed by atoms with van der Waals surface area (Å²) in [6.45, 7) is 6.84. The molecule has 0 amide bonds. The van der Waals surface area contributed by atoms with Crippen LogP contribution < -0.4 is 5.56 Å². The van der Waals surface area contributed by atoms with Crippen molar-refractivity contribution in [2.75, 3.05) is 32.8 Å². The number of hydrogen-bond donors (Lipinski definition) is 1. The molecule has 0 unspecified atom stereocenters. The molecule has 2 aliphatic heterocycles. The van der Waals surface area contributed by atoms with Crippen LogP contribution in [0.1, 0.15) is 32.0 Å². The van der Waals surface area contributed by atoms with Crippen LogP contribution in [-0.4, -0.2) is 58.0 Å². The predicted molar refractivity (Wildman–Crippen MR) is 105 cm³/mol. The standard InChI is InChI=1S/C21H29N3O3/c1-2-19-22-18-6-4-3-5-17(18)20(25)24(19)15-21(26)8-10-23(11-9-21)13-16-7-12-27-14-16/h3-6,16,26H,2,7-15H2,1H3/t16-/m1/s1. The molecule has 3 heterocycles. The molecular weight excluding hydrogens is 342 g/mol. The maximum atomic E-state index is 13.0. The van der Waals surface area contributed by atoms with Crippen LogP contribution in [0.4, 0.5) is 0 Å². The summed E-state index contributed by atoms with van der Waals surface area (Å²) < 4.78 is 7.17. The normalized spacial score (nSPS) is 23.1. The second kappa shape index (κ2) is 7.70. The Balaban J connectivity index is 1.50. The zero-order chi connectivity index (χ0) is 18.9. The Morgan fingerprint density at radius 2 is 2.07 bits per heavy atom. The van der Waals surface area contributed by atoms with E-state index in [-0.39, 0.29) is 5.56 Å². The van der Waals surface area contributed by atoms with E-state index in [1.165, 1.54) is 0 Å². The molecule has 6 heteroatoms. The van der Waals surface area contributed by atoms with Gasteiger partial charge in [0.25, 0.3) is 5.56 Å². The lowest BCUT2D eigenvalue weighted by Gasteiger charge is -2.39. The number of ether oxygens (including phenoxy) is 1. The van der Waals surface area contributed by atoms with E-state index >= 15 is 0 Å². The summed E-state index contributed by atoms with van der Waals surface area (Å²) in [7, 11) is 0. The van der Waals surface area contributed by atoms with Gasteiger partial charge >= 0.3 is 0 Å². The van der Waals surface area contributed by atoms with Gasteiger partial charge in [-0.2, -0.15) is 0 Å². The SMILES string of the molecule is CCc1nc2ccccc2c(=O)n1CC1(O)CCN(C[C@H]2CCOC2)CC1. The topological polar surface area (TPSA) is 67.6 Å². The average Bonchev–Trinajstić information content (AvgIpc) is 3.19. The van der Waals surface area contributed by atoms with Gasteiger partial charge < -0.3 is 14.7 Å². The van der Waals surface area contributed by atoms with E-state index in [0.717, 1.165) is 50.6 Å². The van der Waals surface area contributed by atoms with E-state index in [1.54, 1.807) is 4.57 Å². The number of aliphatic hydroxyl groups is 1. The molecule has 2 fully saturated rings. The molecule has 146 valence electrons. The van der Waals surface area contributed by atoms with Crippen molar-refractivity contribution in [3.63, 3.8) is 0 Å². The Kier molecular flexibility index (Phi) is 5.30. The van der Waals surface area contributed by atoms with E-state index in [1.807, 2.05) is 31.2 Å². The molecule has 0 bridgehead atoms. The Morgan fingerprint density at radius 1 is 1.30 bits per heavy atom. The van der Waals surface area contributed by atoms with Gasteiger partial charge in [-0.05, 0) is 37.3 Å². The van der Waals surface area contributed by atoms with Crippen LogP contribution in [0.25, 0.3) is 10.9 Å².